The fraction of sp³-hybridized carbons (Fsp3) is 0. The molecule has 1 amide bonds. The molecule has 5 nitrogen and oxygen atoms in total. The van der Waals surface area contributed by atoms with E-state index in [-0.39, 0.29) is 16.7 Å². The summed E-state index contributed by atoms with van der Waals surface area (Å²) < 4.78 is 12.9. The number of hydrogen-bond acceptors (Lipinski definition) is 5. The van der Waals surface area contributed by atoms with Gasteiger partial charge in [0.05, 0.1) is 18.1 Å². The zero-order valence-corrected chi connectivity index (χ0v) is 12.5. The van der Waals surface area contributed by atoms with E-state index in [1.54, 1.807) is 17.5 Å². The molecule has 0 atom stereocenters. The van der Waals surface area contributed by atoms with Crippen molar-refractivity contribution in [1.82, 2.24) is 15.0 Å². The van der Waals surface area contributed by atoms with Crippen LogP contribution in [0.25, 0.3) is 11.3 Å². The maximum Gasteiger partial charge on any atom is 0.277 e. The van der Waals surface area contributed by atoms with Crippen LogP contribution in [-0.2, 0) is 0 Å². The molecule has 0 spiro atoms. The minimum atomic E-state index is -0.427. The largest absolute Gasteiger partial charge is 0.296 e. The summed E-state index contributed by atoms with van der Waals surface area (Å²) in [6.07, 6.45) is 2.58. The third-order valence-corrected chi connectivity index (χ3v) is 3.67. The van der Waals surface area contributed by atoms with Crippen LogP contribution in [0.15, 0.2) is 42.0 Å². The highest BCUT2D eigenvalue weighted by Gasteiger charge is 2.11. The van der Waals surface area contributed by atoms with E-state index < -0.39 is 5.91 Å². The number of benzene rings is 1. The van der Waals surface area contributed by atoms with Crippen LogP contribution in [0.2, 0.25) is 5.15 Å². The molecule has 110 valence electrons. The summed E-state index contributed by atoms with van der Waals surface area (Å²) in [5.74, 6) is -0.738. The number of thiazole rings is 1. The third-order valence-electron chi connectivity index (χ3n) is 2.72. The Kier molecular flexibility index (Phi) is 4.08. The molecule has 2 aromatic heterocycles. The van der Waals surface area contributed by atoms with E-state index in [9.17, 15) is 9.18 Å². The quantitative estimate of drug-likeness (QED) is 0.794. The second kappa shape index (κ2) is 6.17. The highest BCUT2D eigenvalue weighted by Crippen LogP contribution is 2.25. The Balaban J connectivity index is 1.75. The maximum absolute atomic E-state index is 12.9. The van der Waals surface area contributed by atoms with Crippen LogP contribution >= 0.6 is 22.9 Å². The Morgan fingerprint density at radius 2 is 1.95 bits per heavy atom. The van der Waals surface area contributed by atoms with Gasteiger partial charge in [-0.1, -0.05) is 11.6 Å². The molecule has 0 saturated carbocycles. The molecule has 0 bridgehead atoms. The van der Waals surface area contributed by atoms with Crippen LogP contribution in [0.5, 0.6) is 0 Å². The van der Waals surface area contributed by atoms with E-state index in [0.29, 0.717) is 10.8 Å². The third kappa shape index (κ3) is 3.26. The molecule has 8 heteroatoms. The molecule has 1 N–H and O–H groups in total. The summed E-state index contributed by atoms with van der Waals surface area (Å²) in [6, 6.07) is 5.97. The van der Waals surface area contributed by atoms with Gasteiger partial charge in [0.25, 0.3) is 5.91 Å². The number of amides is 1. The van der Waals surface area contributed by atoms with Gasteiger partial charge in [-0.2, -0.15) is 0 Å². The second-order valence-corrected chi connectivity index (χ2v) is 5.47. The number of hydrogen-bond donors (Lipinski definition) is 1. The van der Waals surface area contributed by atoms with Gasteiger partial charge >= 0.3 is 0 Å². The highest BCUT2D eigenvalue weighted by atomic mass is 35.5. The van der Waals surface area contributed by atoms with Crippen molar-refractivity contribution in [3.05, 3.63) is 58.7 Å². The number of halogens is 2. The highest BCUT2D eigenvalue weighted by molar-refractivity contribution is 7.14. The summed E-state index contributed by atoms with van der Waals surface area (Å²) in [6.45, 7) is 0. The predicted octanol–water partition coefficient (Wildman–Crippen LogP) is 3.64. The first-order valence-corrected chi connectivity index (χ1v) is 7.38. The Labute approximate surface area is 133 Å². The van der Waals surface area contributed by atoms with E-state index in [1.165, 1.54) is 35.9 Å². The Morgan fingerprint density at radius 1 is 1.18 bits per heavy atom. The van der Waals surface area contributed by atoms with E-state index in [1.807, 2.05) is 0 Å². The van der Waals surface area contributed by atoms with Crippen LogP contribution in [0.1, 0.15) is 10.5 Å². The lowest BCUT2D eigenvalue weighted by Crippen LogP contribution is -2.13. The van der Waals surface area contributed by atoms with Gasteiger partial charge in [-0.25, -0.2) is 19.3 Å². The minimum Gasteiger partial charge on any atom is -0.296 e. The van der Waals surface area contributed by atoms with Gasteiger partial charge in [0, 0.05) is 10.9 Å². The average Bonchev–Trinajstić information content (AvgIpc) is 2.97. The van der Waals surface area contributed by atoms with Crippen molar-refractivity contribution in [2.24, 2.45) is 0 Å². The van der Waals surface area contributed by atoms with Gasteiger partial charge in [-0.05, 0) is 24.3 Å². The van der Waals surface area contributed by atoms with Crippen molar-refractivity contribution in [1.29, 1.82) is 0 Å². The smallest absolute Gasteiger partial charge is 0.277 e. The summed E-state index contributed by atoms with van der Waals surface area (Å²) >= 11 is 6.88. The summed E-state index contributed by atoms with van der Waals surface area (Å²) in [5.41, 5.74) is 1.56. The zero-order valence-electron chi connectivity index (χ0n) is 11.0. The minimum absolute atomic E-state index is 0.142. The van der Waals surface area contributed by atoms with Crippen LogP contribution in [-0.4, -0.2) is 20.9 Å². The van der Waals surface area contributed by atoms with E-state index >= 15 is 0 Å². The SMILES string of the molecule is O=C(Nc1nc(-c2ccc(F)cc2)cs1)c1cnc(Cl)cn1. The normalized spacial score (nSPS) is 10.5. The van der Waals surface area contributed by atoms with Crippen molar-refractivity contribution >= 4 is 34.0 Å². The topological polar surface area (TPSA) is 67.8 Å². The van der Waals surface area contributed by atoms with E-state index in [0.717, 1.165) is 5.56 Å². The molecule has 0 radical (unpaired) electrons. The Morgan fingerprint density at radius 3 is 2.64 bits per heavy atom. The number of nitrogens with zero attached hydrogens (tertiary/aromatic N) is 3. The number of anilines is 1. The average molecular weight is 335 g/mol. The fourth-order valence-electron chi connectivity index (χ4n) is 1.68. The number of rotatable bonds is 3. The first kappa shape index (κ1) is 14.6. The number of carbonyl (C=O) groups excluding carboxylic acids is 1. The summed E-state index contributed by atoms with van der Waals surface area (Å²) in [4.78, 5) is 23.9. The van der Waals surface area contributed by atoms with Crippen molar-refractivity contribution in [3.63, 3.8) is 0 Å². The molecular formula is C14H8ClFN4OS. The van der Waals surface area contributed by atoms with Crippen molar-refractivity contribution in [3.8, 4) is 11.3 Å². The van der Waals surface area contributed by atoms with Gasteiger partial charge in [0.1, 0.15) is 16.7 Å². The zero-order chi connectivity index (χ0) is 15.5. The molecule has 0 fully saturated rings. The summed E-state index contributed by atoms with van der Waals surface area (Å²) in [5, 5.41) is 5.03. The maximum atomic E-state index is 12.9. The van der Waals surface area contributed by atoms with Gasteiger partial charge < -0.3 is 0 Å². The predicted molar refractivity (Wildman–Crippen MR) is 82.5 cm³/mol. The molecule has 2 heterocycles. The van der Waals surface area contributed by atoms with Crippen LogP contribution in [0, 0.1) is 5.82 Å². The van der Waals surface area contributed by atoms with Crippen LogP contribution in [0.4, 0.5) is 9.52 Å². The lowest BCUT2D eigenvalue weighted by atomic mass is 10.2. The van der Waals surface area contributed by atoms with Crippen LogP contribution in [0.3, 0.4) is 0 Å². The molecule has 3 rings (SSSR count). The number of nitrogens with one attached hydrogen (secondary N) is 1. The first-order valence-electron chi connectivity index (χ1n) is 6.12. The second-order valence-electron chi connectivity index (χ2n) is 4.22. The Bertz CT molecular complexity index is 804. The standard InChI is InChI=1S/C14H8ClFN4OS/c15-12-6-17-10(5-18-12)13(21)20-14-19-11(7-22-14)8-1-3-9(16)4-2-8/h1-7H,(H,19,20,21). The number of aromatic nitrogens is 3. The van der Waals surface area contributed by atoms with Gasteiger partial charge in [-0.3, -0.25) is 10.1 Å². The monoisotopic (exact) mass is 334 g/mol. The molecule has 0 aliphatic rings. The molecule has 1 aromatic carbocycles. The molecule has 0 saturated heterocycles. The molecule has 0 aliphatic heterocycles. The number of carbonyl (C=O) groups is 1. The molecule has 3 aromatic rings. The molecule has 0 unspecified atom stereocenters. The van der Waals surface area contributed by atoms with Crippen molar-refractivity contribution in [2.45, 2.75) is 0 Å². The van der Waals surface area contributed by atoms with Gasteiger partial charge in [-0.15, -0.1) is 11.3 Å². The first-order chi connectivity index (χ1) is 10.6. The fourth-order valence-corrected chi connectivity index (χ4v) is 2.49. The van der Waals surface area contributed by atoms with E-state index in [2.05, 4.69) is 20.3 Å². The van der Waals surface area contributed by atoms with Crippen LogP contribution < -0.4 is 5.32 Å². The van der Waals surface area contributed by atoms with Crippen molar-refractivity contribution in [2.75, 3.05) is 5.32 Å². The Hall–Kier alpha value is -2.38. The summed E-state index contributed by atoms with van der Waals surface area (Å²) in [7, 11) is 0. The van der Waals surface area contributed by atoms with Gasteiger partial charge in [0.2, 0.25) is 0 Å². The molecule has 22 heavy (non-hydrogen) atoms. The lowest BCUT2D eigenvalue weighted by molar-refractivity contribution is 0.102. The van der Waals surface area contributed by atoms with E-state index in [4.69, 9.17) is 11.6 Å². The lowest BCUT2D eigenvalue weighted by Gasteiger charge is -2.00. The molecular weight excluding hydrogens is 327 g/mol. The van der Waals surface area contributed by atoms with Crippen molar-refractivity contribution < 1.29 is 9.18 Å². The molecule has 0 aliphatic carbocycles. The van der Waals surface area contributed by atoms with Gasteiger partial charge in [0.15, 0.2) is 5.13 Å².